The number of aromatic nitrogens is 1. The molecule has 0 fully saturated rings. The lowest BCUT2D eigenvalue weighted by molar-refractivity contribution is -0.138. The van der Waals surface area contributed by atoms with Gasteiger partial charge in [0.15, 0.2) is 0 Å². The van der Waals surface area contributed by atoms with Crippen LogP contribution < -0.4 is 4.74 Å². The van der Waals surface area contributed by atoms with E-state index in [1.807, 2.05) is 72.8 Å². The minimum absolute atomic E-state index is 0.181. The van der Waals surface area contributed by atoms with Gasteiger partial charge in [0.05, 0.1) is 19.6 Å². The number of carboxylic acids is 2. The number of rotatable bonds is 14. The van der Waals surface area contributed by atoms with Crippen molar-refractivity contribution in [2.45, 2.75) is 32.4 Å². The van der Waals surface area contributed by atoms with Crippen LogP contribution in [0.2, 0.25) is 0 Å². The van der Waals surface area contributed by atoms with Gasteiger partial charge in [0.2, 0.25) is 0 Å². The molecule has 1 aromatic heterocycles. The van der Waals surface area contributed by atoms with Crippen LogP contribution in [0.4, 0.5) is 0 Å². The van der Waals surface area contributed by atoms with Gasteiger partial charge in [-0.05, 0) is 53.3 Å². The Morgan fingerprint density at radius 3 is 2.32 bits per heavy atom. The molecule has 0 aliphatic rings. The molecule has 0 amide bonds. The van der Waals surface area contributed by atoms with Gasteiger partial charge in [-0.15, -0.1) is 0 Å². The molecule has 0 aliphatic carbocycles. The molecule has 0 aliphatic heterocycles. The summed E-state index contributed by atoms with van der Waals surface area (Å²) >= 11 is 0. The van der Waals surface area contributed by atoms with Crippen LogP contribution in [0.15, 0.2) is 79.0 Å². The summed E-state index contributed by atoms with van der Waals surface area (Å²) in [6.45, 7) is 1.71. The number of carbonyl (C=O) groups is 2. The first-order valence-corrected chi connectivity index (χ1v) is 12.6. The topological polar surface area (TPSA) is 98.0 Å². The van der Waals surface area contributed by atoms with Crippen molar-refractivity contribution in [1.29, 1.82) is 0 Å². The molecular weight excluding hydrogens is 482 g/mol. The number of benzene rings is 3. The van der Waals surface area contributed by atoms with Crippen LogP contribution >= 0.6 is 0 Å². The Labute approximate surface area is 221 Å². The minimum Gasteiger partial charge on any atom is -0.494 e. The first-order valence-electron chi connectivity index (χ1n) is 12.6. The highest BCUT2D eigenvalue weighted by Crippen LogP contribution is 2.28. The van der Waals surface area contributed by atoms with Gasteiger partial charge in [-0.1, -0.05) is 66.7 Å². The smallest absolute Gasteiger partial charge is 0.323 e. The summed E-state index contributed by atoms with van der Waals surface area (Å²) in [6, 6.07) is 23.4. The van der Waals surface area contributed by atoms with Crippen molar-refractivity contribution < 1.29 is 29.3 Å². The highest BCUT2D eigenvalue weighted by Gasteiger charge is 2.15. The minimum atomic E-state index is -0.983. The first kappa shape index (κ1) is 26.7. The molecule has 196 valence electrons. The van der Waals surface area contributed by atoms with Crippen molar-refractivity contribution in [2.24, 2.45) is 0 Å². The van der Waals surface area contributed by atoms with Crippen LogP contribution in [-0.2, 0) is 33.9 Å². The van der Waals surface area contributed by atoms with Crippen LogP contribution in [0.25, 0.3) is 23.1 Å². The standard InChI is InChI=1S/C31H31NO6/c33-29(34)19-26-20-32(21-30(35)36)28-10-6-9-25(31(26)28)14-11-23-12-15-27(16-13-23)38-18-5-4-17-37-22-24-7-2-1-3-8-24/h1-3,6-16,20H,4-5,17-19,21-22H2,(H,33,34)(H,35,36). The van der Waals surface area contributed by atoms with E-state index in [2.05, 4.69) is 12.1 Å². The van der Waals surface area contributed by atoms with Crippen molar-refractivity contribution in [3.63, 3.8) is 0 Å². The van der Waals surface area contributed by atoms with E-state index in [1.165, 1.54) is 5.56 Å². The molecule has 0 spiro atoms. The third-order valence-corrected chi connectivity index (χ3v) is 6.06. The van der Waals surface area contributed by atoms with E-state index >= 15 is 0 Å². The third kappa shape index (κ3) is 7.57. The van der Waals surface area contributed by atoms with Gasteiger partial charge in [0.1, 0.15) is 12.3 Å². The zero-order valence-electron chi connectivity index (χ0n) is 21.1. The number of carboxylic acid groups (broad SMARTS) is 2. The lowest BCUT2D eigenvalue weighted by Gasteiger charge is -2.07. The van der Waals surface area contributed by atoms with Gasteiger partial charge >= 0.3 is 11.9 Å². The fourth-order valence-electron chi connectivity index (χ4n) is 4.30. The van der Waals surface area contributed by atoms with Gasteiger partial charge in [-0.25, -0.2) is 0 Å². The summed E-state index contributed by atoms with van der Waals surface area (Å²) in [6.07, 6.45) is 7.13. The van der Waals surface area contributed by atoms with Crippen LogP contribution in [0.5, 0.6) is 5.75 Å². The monoisotopic (exact) mass is 513 g/mol. The Kier molecular flexibility index (Phi) is 9.32. The molecule has 7 nitrogen and oxygen atoms in total. The van der Waals surface area contributed by atoms with Gasteiger partial charge < -0.3 is 24.3 Å². The summed E-state index contributed by atoms with van der Waals surface area (Å²) in [5, 5.41) is 19.3. The lowest BCUT2D eigenvalue weighted by atomic mass is 10.0. The average Bonchev–Trinajstić information content (AvgIpc) is 3.24. The summed E-state index contributed by atoms with van der Waals surface area (Å²) in [7, 11) is 0. The number of nitrogens with zero attached hydrogens (tertiary/aromatic N) is 1. The molecule has 0 saturated heterocycles. The Morgan fingerprint density at radius 1 is 0.816 bits per heavy atom. The van der Waals surface area contributed by atoms with Crippen LogP contribution in [0.1, 0.15) is 35.1 Å². The van der Waals surface area contributed by atoms with E-state index in [4.69, 9.17) is 9.47 Å². The van der Waals surface area contributed by atoms with E-state index in [0.29, 0.717) is 30.9 Å². The predicted octanol–water partition coefficient (Wildman–Crippen LogP) is 5.90. The van der Waals surface area contributed by atoms with Gasteiger partial charge in [0, 0.05) is 23.7 Å². The van der Waals surface area contributed by atoms with Gasteiger partial charge in [-0.3, -0.25) is 9.59 Å². The van der Waals surface area contributed by atoms with Crippen LogP contribution in [0.3, 0.4) is 0 Å². The lowest BCUT2D eigenvalue weighted by Crippen LogP contribution is -2.07. The molecule has 4 rings (SSSR count). The number of unbranched alkanes of at least 4 members (excludes halogenated alkanes) is 1. The number of ether oxygens (including phenoxy) is 2. The fraction of sp³-hybridized carbons (Fsp3) is 0.226. The maximum Gasteiger partial charge on any atom is 0.323 e. The Balaban J connectivity index is 1.32. The molecule has 0 saturated carbocycles. The molecule has 0 atom stereocenters. The summed E-state index contributed by atoms with van der Waals surface area (Å²) in [4.78, 5) is 22.7. The van der Waals surface area contributed by atoms with Crippen LogP contribution in [-0.4, -0.2) is 39.9 Å². The summed E-state index contributed by atoms with van der Waals surface area (Å²) in [5.74, 6) is -1.15. The molecule has 0 bridgehead atoms. The van der Waals surface area contributed by atoms with E-state index in [1.54, 1.807) is 10.8 Å². The first-order chi connectivity index (χ1) is 18.5. The number of hydrogen-bond acceptors (Lipinski definition) is 4. The Morgan fingerprint density at radius 2 is 1.58 bits per heavy atom. The molecule has 1 heterocycles. The van der Waals surface area contributed by atoms with Crippen LogP contribution in [0, 0.1) is 0 Å². The maximum atomic E-state index is 11.4. The molecular formula is C31H31NO6. The highest BCUT2D eigenvalue weighted by molar-refractivity contribution is 5.96. The molecule has 7 heteroatoms. The van der Waals surface area contributed by atoms with E-state index < -0.39 is 11.9 Å². The largest absolute Gasteiger partial charge is 0.494 e. The average molecular weight is 514 g/mol. The number of aliphatic carboxylic acids is 2. The molecule has 38 heavy (non-hydrogen) atoms. The normalized spacial score (nSPS) is 11.3. The van der Waals surface area contributed by atoms with E-state index in [-0.39, 0.29) is 13.0 Å². The zero-order valence-corrected chi connectivity index (χ0v) is 21.1. The maximum absolute atomic E-state index is 11.4. The Hall–Kier alpha value is -4.36. The number of fused-ring (bicyclic) bond motifs is 1. The molecule has 0 unspecified atom stereocenters. The molecule has 4 aromatic rings. The summed E-state index contributed by atoms with van der Waals surface area (Å²) < 4.78 is 13.1. The zero-order chi connectivity index (χ0) is 26.7. The highest BCUT2D eigenvalue weighted by atomic mass is 16.5. The third-order valence-electron chi connectivity index (χ3n) is 6.06. The SMILES string of the molecule is O=C(O)Cc1cn(CC(=O)O)c2cccc(C=Cc3ccc(OCCCCOCc4ccccc4)cc3)c12. The second kappa shape index (κ2) is 13.3. The second-order valence-electron chi connectivity index (χ2n) is 8.98. The number of hydrogen-bond donors (Lipinski definition) is 2. The predicted molar refractivity (Wildman–Crippen MR) is 147 cm³/mol. The van der Waals surface area contributed by atoms with Crippen molar-refractivity contribution in [3.05, 3.63) is 101 Å². The van der Waals surface area contributed by atoms with Crippen molar-refractivity contribution in [2.75, 3.05) is 13.2 Å². The molecule has 0 radical (unpaired) electrons. The fourth-order valence-corrected chi connectivity index (χ4v) is 4.30. The Bertz CT molecular complexity index is 1390. The quantitative estimate of drug-likeness (QED) is 0.161. The summed E-state index contributed by atoms with van der Waals surface area (Å²) in [5.41, 5.74) is 4.25. The van der Waals surface area contributed by atoms with Gasteiger partial charge in [-0.2, -0.15) is 0 Å². The van der Waals surface area contributed by atoms with Crippen molar-refractivity contribution >= 4 is 35.0 Å². The van der Waals surface area contributed by atoms with Gasteiger partial charge in [0.25, 0.3) is 0 Å². The van der Waals surface area contributed by atoms with E-state index in [0.717, 1.165) is 35.1 Å². The molecule has 2 N–H and O–H groups in total. The van der Waals surface area contributed by atoms with Crippen molar-refractivity contribution in [3.8, 4) is 5.75 Å². The second-order valence-corrected chi connectivity index (χ2v) is 8.98. The molecule has 3 aromatic carbocycles. The van der Waals surface area contributed by atoms with Crippen molar-refractivity contribution in [1.82, 2.24) is 4.57 Å². The van der Waals surface area contributed by atoms with E-state index in [9.17, 15) is 19.8 Å².